The SMILES string of the molecule is CCCn1ncnc1C(C)NC(=O)NCCCO. The second-order valence-corrected chi connectivity index (χ2v) is 4.04. The van der Waals surface area contributed by atoms with Gasteiger partial charge in [0.05, 0.1) is 6.04 Å². The lowest BCUT2D eigenvalue weighted by Gasteiger charge is -2.14. The van der Waals surface area contributed by atoms with Gasteiger partial charge in [0.15, 0.2) is 0 Å². The van der Waals surface area contributed by atoms with Crippen LogP contribution in [-0.2, 0) is 6.54 Å². The average Bonchev–Trinajstić information content (AvgIpc) is 2.78. The van der Waals surface area contributed by atoms with Crippen molar-refractivity contribution in [3.05, 3.63) is 12.2 Å². The van der Waals surface area contributed by atoms with Gasteiger partial charge in [0.25, 0.3) is 0 Å². The van der Waals surface area contributed by atoms with Crippen LogP contribution < -0.4 is 10.6 Å². The molecule has 1 aromatic rings. The molecule has 102 valence electrons. The molecule has 0 radical (unpaired) electrons. The summed E-state index contributed by atoms with van der Waals surface area (Å²) in [5, 5.41) is 18.2. The summed E-state index contributed by atoms with van der Waals surface area (Å²) < 4.78 is 1.79. The van der Waals surface area contributed by atoms with Crippen molar-refractivity contribution in [1.82, 2.24) is 25.4 Å². The number of carbonyl (C=O) groups is 1. The number of nitrogens with zero attached hydrogens (tertiary/aromatic N) is 3. The summed E-state index contributed by atoms with van der Waals surface area (Å²) in [6, 6.07) is -0.463. The highest BCUT2D eigenvalue weighted by Gasteiger charge is 2.14. The van der Waals surface area contributed by atoms with E-state index in [4.69, 9.17) is 5.11 Å². The van der Waals surface area contributed by atoms with E-state index in [0.29, 0.717) is 13.0 Å². The molecule has 0 bridgehead atoms. The zero-order chi connectivity index (χ0) is 13.4. The Labute approximate surface area is 107 Å². The molecule has 7 nitrogen and oxygen atoms in total. The fourth-order valence-electron chi connectivity index (χ4n) is 1.59. The third-order valence-corrected chi connectivity index (χ3v) is 2.44. The minimum Gasteiger partial charge on any atom is -0.396 e. The van der Waals surface area contributed by atoms with E-state index in [2.05, 4.69) is 27.6 Å². The number of rotatable bonds is 7. The highest BCUT2D eigenvalue weighted by molar-refractivity contribution is 5.74. The van der Waals surface area contributed by atoms with E-state index in [0.717, 1.165) is 18.8 Å². The van der Waals surface area contributed by atoms with E-state index in [-0.39, 0.29) is 18.7 Å². The molecule has 18 heavy (non-hydrogen) atoms. The van der Waals surface area contributed by atoms with Gasteiger partial charge in [-0.25, -0.2) is 14.5 Å². The van der Waals surface area contributed by atoms with Gasteiger partial charge in [-0.1, -0.05) is 6.92 Å². The van der Waals surface area contributed by atoms with Crippen LogP contribution in [0.5, 0.6) is 0 Å². The van der Waals surface area contributed by atoms with Crippen molar-refractivity contribution >= 4 is 6.03 Å². The molecule has 0 aromatic carbocycles. The summed E-state index contributed by atoms with van der Waals surface area (Å²) in [5.41, 5.74) is 0. The first-order chi connectivity index (χ1) is 8.69. The fraction of sp³-hybridized carbons (Fsp3) is 0.727. The van der Waals surface area contributed by atoms with Crippen molar-refractivity contribution in [2.75, 3.05) is 13.2 Å². The minimum atomic E-state index is -0.262. The Morgan fingerprint density at radius 3 is 3.06 bits per heavy atom. The molecule has 2 amide bonds. The Balaban J connectivity index is 2.46. The number of amides is 2. The summed E-state index contributed by atoms with van der Waals surface area (Å²) in [6.07, 6.45) is 3.01. The standard InChI is InChI=1S/C11H21N5O2/c1-3-6-16-10(13-8-14-16)9(2)15-11(18)12-5-4-7-17/h8-9,17H,3-7H2,1-2H3,(H2,12,15,18). The van der Waals surface area contributed by atoms with Crippen LogP contribution in [0.4, 0.5) is 4.79 Å². The van der Waals surface area contributed by atoms with Crippen molar-refractivity contribution in [2.24, 2.45) is 0 Å². The van der Waals surface area contributed by atoms with Crippen molar-refractivity contribution in [1.29, 1.82) is 0 Å². The van der Waals surface area contributed by atoms with Gasteiger partial charge in [0.2, 0.25) is 0 Å². The van der Waals surface area contributed by atoms with Gasteiger partial charge in [-0.05, 0) is 19.8 Å². The minimum absolute atomic E-state index is 0.0701. The van der Waals surface area contributed by atoms with Crippen LogP contribution in [0.2, 0.25) is 0 Å². The van der Waals surface area contributed by atoms with Gasteiger partial charge in [-0.2, -0.15) is 5.10 Å². The number of hydrogen-bond donors (Lipinski definition) is 3. The molecule has 0 aliphatic heterocycles. The van der Waals surface area contributed by atoms with E-state index < -0.39 is 0 Å². The van der Waals surface area contributed by atoms with Gasteiger partial charge in [-0.3, -0.25) is 0 Å². The van der Waals surface area contributed by atoms with Crippen molar-refractivity contribution in [3.63, 3.8) is 0 Å². The molecule has 0 saturated heterocycles. The Bertz CT molecular complexity index is 366. The number of aliphatic hydroxyl groups excluding tert-OH is 1. The lowest BCUT2D eigenvalue weighted by Crippen LogP contribution is -2.38. The number of urea groups is 1. The van der Waals surface area contributed by atoms with Crippen LogP contribution in [0, 0.1) is 0 Å². The smallest absolute Gasteiger partial charge is 0.315 e. The van der Waals surface area contributed by atoms with Gasteiger partial charge >= 0.3 is 6.03 Å². The van der Waals surface area contributed by atoms with E-state index in [1.165, 1.54) is 6.33 Å². The second kappa shape index (κ2) is 7.65. The van der Waals surface area contributed by atoms with Gasteiger partial charge in [0.1, 0.15) is 12.2 Å². The predicted molar refractivity (Wildman–Crippen MR) is 67.0 cm³/mol. The van der Waals surface area contributed by atoms with Crippen molar-refractivity contribution in [3.8, 4) is 0 Å². The first-order valence-electron chi connectivity index (χ1n) is 6.22. The quantitative estimate of drug-likeness (QED) is 0.616. The average molecular weight is 255 g/mol. The Hall–Kier alpha value is -1.63. The highest BCUT2D eigenvalue weighted by Crippen LogP contribution is 2.08. The molecule has 1 aromatic heterocycles. The van der Waals surface area contributed by atoms with Crippen LogP contribution >= 0.6 is 0 Å². The van der Waals surface area contributed by atoms with E-state index in [1.807, 2.05) is 6.92 Å². The number of hydrogen-bond acceptors (Lipinski definition) is 4. The molecule has 1 atom stereocenters. The van der Waals surface area contributed by atoms with Crippen LogP contribution in [0.15, 0.2) is 6.33 Å². The molecule has 0 saturated carbocycles. The topological polar surface area (TPSA) is 92.1 Å². The first kappa shape index (κ1) is 14.4. The summed E-state index contributed by atoms with van der Waals surface area (Å²) in [4.78, 5) is 15.7. The molecule has 1 rings (SSSR count). The zero-order valence-electron chi connectivity index (χ0n) is 10.9. The summed E-state index contributed by atoms with van der Waals surface area (Å²) >= 11 is 0. The lowest BCUT2D eigenvalue weighted by molar-refractivity contribution is 0.234. The lowest BCUT2D eigenvalue weighted by atomic mass is 10.3. The maximum atomic E-state index is 11.5. The monoisotopic (exact) mass is 255 g/mol. The fourth-order valence-corrected chi connectivity index (χ4v) is 1.59. The van der Waals surface area contributed by atoms with Crippen LogP contribution in [-0.4, -0.2) is 39.1 Å². The van der Waals surface area contributed by atoms with E-state index in [9.17, 15) is 4.79 Å². The normalized spacial score (nSPS) is 12.2. The van der Waals surface area contributed by atoms with Gasteiger partial charge in [-0.15, -0.1) is 0 Å². The summed E-state index contributed by atoms with van der Waals surface area (Å²) in [6.45, 7) is 5.23. The molecule has 0 aliphatic rings. The Morgan fingerprint density at radius 1 is 1.61 bits per heavy atom. The van der Waals surface area contributed by atoms with Gasteiger partial charge < -0.3 is 15.7 Å². The number of aromatic nitrogens is 3. The first-order valence-corrected chi connectivity index (χ1v) is 6.22. The number of aliphatic hydroxyl groups is 1. The molecule has 0 fully saturated rings. The largest absolute Gasteiger partial charge is 0.396 e. The summed E-state index contributed by atoms with van der Waals surface area (Å²) in [7, 11) is 0. The van der Waals surface area contributed by atoms with Crippen molar-refractivity contribution < 1.29 is 9.90 Å². The number of carbonyl (C=O) groups excluding carboxylic acids is 1. The molecular formula is C11H21N5O2. The number of nitrogens with one attached hydrogen (secondary N) is 2. The van der Waals surface area contributed by atoms with Crippen LogP contribution in [0.1, 0.15) is 38.6 Å². The Morgan fingerprint density at radius 2 is 2.39 bits per heavy atom. The molecule has 1 heterocycles. The van der Waals surface area contributed by atoms with Gasteiger partial charge in [0, 0.05) is 19.7 Å². The molecular weight excluding hydrogens is 234 g/mol. The van der Waals surface area contributed by atoms with Crippen LogP contribution in [0.25, 0.3) is 0 Å². The molecule has 0 aliphatic carbocycles. The zero-order valence-corrected chi connectivity index (χ0v) is 10.9. The van der Waals surface area contributed by atoms with Crippen molar-refractivity contribution in [2.45, 2.75) is 39.3 Å². The maximum Gasteiger partial charge on any atom is 0.315 e. The van der Waals surface area contributed by atoms with E-state index in [1.54, 1.807) is 4.68 Å². The predicted octanol–water partition coefficient (Wildman–Crippen LogP) is 0.431. The maximum absolute atomic E-state index is 11.5. The van der Waals surface area contributed by atoms with Crippen LogP contribution in [0.3, 0.4) is 0 Å². The molecule has 0 spiro atoms. The Kier molecular flexibility index (Phi) is 6.13. The third kappa shape index (κ3) is 4.33. The molecule has 3 N–H and O–H groups in total. The third-order valence-electron chi connectivity index (χ3n) is 2.44. The highest BCUT2D eigenvalue weighted by atomic mass is 16.3. The molecule has 1 unspecified atom stereocenters. The number of aryl methyl sites for hydroxylation is 1. The van der Waals surface area contributed by atoms with E-state index >= 15 is 0 Å². The molecule has 7 heteroatoms. The summed E-state index contributed by atoms with van der Waals surface area (Å²) in [5.74, 6) is 0.745. The second-order valence-electron chi connectivity index (χ2n) is 4.04.